The molecule has 0 saturated heterocycles. The summed E-state index contributed by atoms with van der Waals surface area (Å²) in [6.45, 7) is 0. The first-order chi connectivity index (χ1) is 10.7. The van der Waals surface area contributed by atoms with Gasteiger partial charge in [0, 0.05) is 36.2 Å². The standard InChI is InChI=1S/C14H12N6O2/c21-13(19-9-1-7-15-19)17-11-3-5-12(6-4-11)18-14(22)20-10-2-8-16-20/h1-10H,(H,17,21)(H,18,22). The Bertz CT molecular complexity index is 695. The molecule has 3 aromatic rings. The largest absolute Gasteiger partial charge is 0.346 e. The molecular formula is C14H12N6O2. The number of aromatic nitrogens is 4. The Morgan fingerprint density at radius 3 is 1.50 bits per heavy atom. The molecule has 0 aliphatic carbocycles. The average Bonchev–Trinajstić information content (AvgIpc) is 3.23. The van der Waals surface area contributed by atoms with Crippen molar-refractivity contribution in [3.05, 3.63) is 61.2 Å². The molecule has 2 N–H and O–H groups in total. The van der Waals surface area contributed by atoms with Gasteiger partial charge >= 0.3 is 12.1 Å². The van der Waals surface area contributed by atoms with Gasteiger partial charge in [0.1, 0.15) is 0 Å². The summed E-state index contributed by atoms with van der Waals surface area (Å²) < 4.78 is 2.38. The lowest BCUT2D eigenvalue weighted by molar-refractivity contribution is 0.250. The first kappa shape index (κ1) is 13.6. The van der Waals surface area contributed by atoms with Crippen molar-refractivity contribution in [1.29, 1.82) is 0 Å². The van der Waals surface area contributed by atoms with E-state index >= 15 is 0 Å². The number of anilines is 2. The monoisotopic (exact) mass is 296 g/mol. The van der Waals surface area contributed by atoms with Gasteiger partial charge in [-0.25, -0.2) is 9.59 Å². The fourth-order valence-corrected chi connectivity index (χ4v) is 1.78. The number of rotatable bonds is 2. The highest BCUT2D eigenvalue weighted by molar-refractivity contribution is 5.92. The van der Waals surface area contributed by atoms with Crippen LogP contribution in [0, 0.1) is 0 Å². The number of hydrogen-bond donors (Lipinski definition) is 2. The van der Waals surface area contributed by atoms with E-state index in [1.807, 2.05) is 0 Å². The summed E-state index contributed by atoms with van der Waals surface area (Å²) >= 11 is 0. The van der Waals surface area contributed by atoms with E-state index in [-0.39, 0.29) is 12.1 Å². The summed E-state index contributed by atoms with van der Waals surface area (Å²) in [7, 11) is 0. The van der Waals surface area contributed by atoms with Crippen LogP contribution in [0.5, 0.6) is 0 Å². The third-order valence-corrected chi connectivity index (χ3v) is 2.81. The van der Waals surface area contributed by atoms with E-state index < -0.39 is 0 Å². The predicted octanol–water partition coefficient (Wildman–Crippen LogP) is 2.24. The number of carbonyl (C=O) groups excluding carboxylic acids is 2. The molecule has 0 unspecified atom stereocenters. The maximum absolute atomic E-state index is 11.8. The average molecular weight is 296 g/mol. The number of nitrogens with zero attached hydrogens (tertiary/aromatic N) is 4. The Morgan fingerprint density at radius 1 is 0.773 bits per heavy atom. The van der Waals surface area contributed by atoms with E-state index in [1.54, 1.807) is 48.8 Å². The van der Waals surface area contributed by atoms with Crippen LogP contribution in [0.15, 0.2) is 61.2 Å². The van der Waals surface area contributed by atoms with Crippen LogP contribution in [-0.2, 0) is 0 Å². The van der Waals surface area contributed by atoms with Gasteiger partial charge < -0.3 is 10.6 Å². The van der Waals surface area contributed by atoms with Crippen molar-refractivity contribution in [2.45, 2.75) is 0 Å². The zero-order chi connectivity index (χ0) is 15.4. The molecule has 0 aliphatic rings. The highest BCUT2D eigenvalue weighted by atomic mass is 16.2. The summed E-state index contributed by atoms with van der Waals surface area (Å²) in [6, 6.07) is 9.32. The summed E-state index contributed by atoms with van der Waals surface area (Å²) in [4.78, 5) is 23.6. The molecule has 8 heteroatoms. The van der Waals surface area contributed by atoms with Crippen LogP contribution in [0.4, 0.5) is 21.0 Å². The van der Waals surface area contributed by atoms with Crippen molar-refractivity contribution < 1.29 is 9.59 Å². The molecule has 2 aromatic heterocycles. The van der Waals surface area contributed by atoms with Gasteiger partial charge in [-0.1, -0.05) is 0 Å². The van der Waals surface area contributed by atoms with Crippen LogP contribution in [0.2, 0.25) is 0 Å². The second-order valence-electron chi connectivity index (χ2n) is 4.34. The zero-order valence-electron chi connectivity index (χ0n) is 11.4. The maximum atomic E-state index is 11.8. The van der Waals surface area contributed by atoms with Gasteiger partial charge in [-0.15, -0.1) is 0 Å². The minimum atomic E-state index is -0.363. The molecule has 110 valence electrons. The molecule has 0 saturated carbocycles. The van der Waals surface area contributed by atoms with Crippen LogP contribution in [0.3, 0.4) is 0 Å². The first-order valence-corrected chi connectivity index (χ1v) is 6.44. The van der Waals surface area contributed by atoms with E-state index in [0.29, 0.717) is 11.4 Å². The molecule has 2 amide bonds. The third-order valence-electron chi connectivity index (χ3n) is 2.81. The van der Waals surface area contributed by atoms with Crippen molar-refractivity contribution in [1.82, 2.24) is 19.6 Å². The number of nitrogens with one attached hydrogen (secondary N) is 2. The van der Waals surface area contributed by atoms with Crippen molar-refractivity contribution in [3.63, 3.8) is 0 Å². The Balaban J connectivity index is 1.63. The molecule has 0 atom stereocenters. The number of carbonyl (C=O) groups is 2. The second kappa shape index (κ2) is 5.92. The van der Waals surface area contributed by atoms with E-state index in [2.05, 4.69) is 20.8 Å². The smallest absolute Gasteiger partial charge is 0.306 e. The van der Waals surface area contributed by atoms with E-state index in [9.17, 15) is 9.59 Å². The van der Waals surface area contributed by atoms with Crippen LogP contribution in [0.25, 0.3) is 0 Å². The van der Waals surface area contributed by atoms with Gasteiger partial charge in [0.15, 0.2) is 0 Å². The number of benzene rings is 1. The number of hydrogen-bond acceptors (Lipinski definition) is 4. The molecule has 2 heterocycles. The zero-order valence-corrected chi connectivity index (χ0v) is 11.4. The molecule has 8 nitrogen and oxygen atoms in total. The fourth-order valence-electron chi connectivity index (χ4n) is 1.78. The maximum Gasteiger partial charge on any atom is 0.346 e. The van der Waals surface area contributed by atoms with Gasteiger partial charge in [-0.05, 0) is 36.4 Å². The van der Waals surface area contributed by atoms with Crippen molar-refractivity contribution in [2.24, 2.45) is 0 Å². The Labute approximate surface area is 125 Å². The van der Waals surface area contributed by atoms with E-state index in [0.717, 1.165) is 0 Å². The van der Waals surface area contributed by atoms with Gasteiger partial charge in [0.05, 0.1) is 0 Å². The summed E-state index contributed by atoms with van der Waals surface area (Å²) in [6.07, 6.45) is 6.14. The Kier molecular flexibility index (Phi) is 3.65. The van der Waals surface area contributed by atoms with Crippen LogP contribution >= 0.6 is 0 Å². The van der Waals surface area contributed by atoms with Crippen LogP contribution in [-0.4, -0.2) is 31.6 Å². The van der Waals surface area contributed by atoms with Crippen molar-refractivity contribution in [2.75, 3.05) is 10.6 Å². The highest BCUT2D eigenvalue weighted by Gasteiger charge is 2.06. The van der Waals surface area contributed by atoms with Crippen LogP contribution < -0.4 is 10.6 Å². The van der Waals surface area contributed by atoms with E-state index in [4.69, 9.17) is 0 Å². The Hall–Kier alpha value is -3.42. The van der Waals surface area contributed by atoms with E-state index in [1.165, 1.54) is 21.8 Å². The highest BCUT2D eigenvalue weighted by Crippen LogP contribution is 2.14. The minimum Gasteiger partial charge on any atom is -0.306 e. The second-order valence-corrected chi connectivity index (χ2v) is 4.34. The molecule has 0 aliphatic heterocycles. The van der Waals surface area contributed by atoms with Gasteiger partial charge in [-0.3, -0.25) is 0 Å². The SMILES string of the molecule is O=C(Nc1ccc(NC(=O)n2cccn2)cc1)n1cccn1. The molecular weight excluding hydrogens is 284 g/mol. The molecule has 0 radical (unpaired) electrons. The fraction of sp³-hybridized carbons (Fsp3) is 0. The van der Waals surface area contributed by atoms with Gasteiger partial charge in [0.25, 0.3) is 0 Å². The van der Waals surface area contributed by atoms with Crippen LogP contribution in [0.1, 0.15) is 0 Å². The van der Waals surface area contributed by atoms with Gasteiger partial charge in [-0.2, -0.15) is 19.6 Å². The summed E-state index contributed by atoms with van der Waals surface area (Å²) in [5.41, 5.74) is 1.19. The number of amides is 2. The Morgan fingerprint density at radius 2 is 1.18 bits per heavy atom. The normalized spacial score (nSPS) is 10.2. The third kappa shape index (κ3) is 3.01. The molecule has 3 rings (SSSR count). The predicted molar refractivity (Wildman–Crippen MR) is 79.7 cm³/mol. The molecule has 0 bridgehead atoms. The lowest BCUT2D eigenvalue weighted by Gasteiger charge is -2.07. The molecule has 0 spiro atoms. The lowest BCUT2D eigenvalue weighted by atomic mass is 10.3. The summed E-state index contributed by atoms with van der Waals surface area (Å²) in [5.74, 6) is 0. The van der Waals surface area contributed by atoms with Crippen molar-refractivity contribution in [3.8, 4) is 0 Å². The summed E-state index contributed by atoms with van der Waals surface area (Å²) in [5, 5.41) is 13.0. The minimum absolute atomic E-state index is 0.363. The van der Waals surface area contributed by atoms with Crippen molar-refractivity contribution >= 4 is 23.4 Å². The molecule has 22 heavy (non-hydrogen) atoms. The first-order valence-electron chi connectivity index (χ1n) is 6.44. The molecule has 0 fully saturated rings. The quantitative estimate of drug-likeness (QED) is 0.758. The lowest BCUT2D eigenvalue weighted by Crippen LogP contribution is -2.20. The molecule has 1 aromatic carbocycles. The topological polar surface area (TPSA) is 93.8 Å². The van der Waals surface area contributed by atoms with Gasteiger partial charge in [0.2, 0.25) is 0 Å².